The fourth-order valence-electron chi connectivity index (χ4n) is 2.89. The average Bonchev–Trinajstić information content (AvgIpc) is 3.20. The molecule has 3 rings (SSSR count). The average molecular weight is 442 g/mol. The van der Waals surface area contributed by atoms with E-state index in [1.807, 2.05) is 0 Å². The standard InChI is InChI=1S/C18H20F2N4O5S/c1-23-12(5-6-13(23)9-24-10-17(25)22-18(24)26)8-21-30(27,28)15-4-2-3-14(7-15)29-11-16(19)20/h2-7,16,21H,8-11H2,1H3,(H,22,25,26). The molecular formula is C18H20F2N4O5S. The van der Waals surface area contributed by atoms with Crippen LogP contribution in [-0.2, 0) is 35.0 Å². The summed E-state index contributed by atoms with van der Waals surface area (Å²) in [6, 6.07) is 8.26. The van der Waals surface area contributed by atoms with Crippen LogP contribution in [0.4, 0.5) is 13.6 Å². The van der Waals surface area contributed by atoms with E-state index in [2.05, 4.69) is 10.0 Å². The number of imide groups is 1. The third-order valence-corrected chi connectivity index (χ3v) is 5.88. The number of amides is 3. The van der Waals surface area contributed by atoms with Gasteiger partial charge in [-0.2, -0.15) is 0 Å². The number of urea groups is 1. The smallest absolute Gasteiger partial charge is 0.324 e. The highest BCUT2D eigenvalue weighted by Gasteiger charge is 2.27. The molecule has 0 atom stereocenters. The largest absolute Gasteiger partial charge is 0.488 e. The van der Waals surface area contributed by atoms with Gasteiger partial charge < -0.3 is 14.2 Å². The van der Waals surface area contributed by atoms with Crippen LogP contribution in [0.2, 0.25) is 0 Å². The van der Waals surface area contributed by atoms with Crippen molar-refractivity contribution in [2.75, 3.05) is 13.2 Å². The number of nitrogens with zero attached hydrogens (tertiary/aromatic N) is 2. The van der Waals surface area contributed by atoms with Gasteiger partial charge in [-0.3, -0.25) is 10.1 Å². The van der Waals surface area contributed by atoms with E-state index in [1.54, 1.807) is 23.7 Å². The Hall–Kier alpha value is -2.99. The number of carbonyl (C=O) groups excluding carboxylic acids is 2. The molecule has 0 unspecified atom stereocenters. The Balaban J connectivity index is 1.65. The van der Waals surface area contributed by atoms with Gasteiger partial charge in [0.2, 0.25) is 15.9 Å². The van der Waals surface area contributed by atoms with Crippen molar-refractivity contribution in [1.82, 2.24) is 19.5 Å². The number of alkyl halides is 2. The van der Waals surface area contributed by atoms with E-state index in [4.69, 9.17) is 4.74 Å². The Morgan fingerprint density at radius 3 is 2.60 bits per heavy atom. The van der Waals surface area contributed by atoms with Crippen molar-refractivity contribution in [2.45, 2.75) is 24.4 Å². The zero-order valence-electron chi connectivity index (χ0n) is 16.0. The molecular weight excluding hydrogens is 422 g/mol. The van der Waals surface area contributed by atoms with Crippen LogP contribution in [0.3, 0.4) is 0 Å². The molecule has 0 radical (unpaired) electrons. The van der Waals surface area contributed by atoms with Crippen molar-refractivity contribution in [3.8, 4) is 5.75 Å². The van der Waals surface area contributed by atoms with E-state index in [-0.39, 0.29) is 36.2 Å². The Morgan fingerprint density at radius 1 is 1.20 bits per heavy atom. The number of ether oxygens (including phenoxy) is 1. The van der Waals surface area contributed by atoms with Gasteiger partial charge in [0.15, 0.2) is 0 Å². The van der Waals surface area contributed by atoms with Crippen LogP contribution in [0.15, 0.2) is 41.3 Å². The van der Waals surface area contributed by atoms with Crippen LogP contribution < -0.4 is 14.8 Å². The van der Waals surface area contributed by atoms with Gasteiger partial charge in [-0.25, -0.2) is 26.7 Å². The lowest BCUT2D eigenvalue weighted by Gasteiger charge is -2.15. The number of rotatable bonds is 9. The number of aromatic nitrogens is 1. The summed E-state index contributed by atoms with van der Waals surface area (Å²) in [5.41, 5.74) is 1.35. The summed E-state index contributed by atoms with van der Waals surface area (Å²) in [4.78, 5) is 24.2. The lowest BCUT2D eigenvalue weighted by atomic mass is 10.3. The van der Waals surface area contributed by atoms with Gasteiger partial charge in [0.25, 0.3) is 6.43 Å². The van der Waals surface area contributed by atoms with E-state index in [0.717, 1.165) is 5.69 Å². The lowest BCUT2D eigenvalue weighted by Crippen LogP contribution is -2.29. The first-order valence-corrected chi connectivity index (χ1v) is 10.4. The zero-order valence-corrected chi connectivity index (χ0v) is 16.8. The molecule has 2 N–H and O–H groups in total. The first-order chi connectivity index (χ1) is 14.2. The molecule has 30 heavy (non-hydrogen) atoms. The molecule has 2 aromatic rings. The lowest BCUT2D eigenvalue weighted by molar-refractivity contribution is -0.118. The fraction of sp³-hybridized carbons (Fsp3) is 0.333. The van der Waals surface area contributed by atoms with Gasteiger partial charge in [0, 0.05) is 24.5 Å². The number of sulfonamides is 1. The maximum Gasteiger partial charge on any atom is 0.324 e. The Kier molecular flexibility index (Phi) is 6.37. The van der Waals surface area contributed by atoms with Crippen LogP contribution in [-0.4, -0.2) is 49.4 Å². The number of benzene rings is 1. The van der Waals surface area contributed by atoms with Gasteiger partial charge >= 0.3 is 6.03 Å². The molecule has 0 bridgehead atoms. The highest BCUT2D eigenvalue weighted by molar-refractivity contribution is 7.89. The third-order valence-electron chi connectivity index (χ3n) is 4.49. The fourth-order valence-corrected chi connectivity index (χ4v) is 3.92. The molecule has 1 aliphatic rings. The number of halogens is 2. The molecule has 3 amide bonds. The molecule has 0 spiro atoms. The molecule has 12 heteroatoms. The van der Waals surface area contributed by atoms with Crippen molar-refractivity contribution in [3.63, 3.8) is 0 Å². The molecule has 9 nitrogen and oxygen atoms in total. The Morgan fingerprint density at radius 2 is 1.93 bits per heavy atom. The van der Waals surface area contributed by atoms with Crippen LogP contribution in [0.1, 0.15) is 11.4 Å². The second kappa shape index (κ2) is 8.79. The maximum atomic E-state index is 12.5. The van der Waals surface area contributed by atoms with E-state index < -0.39 is 29.1 Å². The van der Waals surface area contributed by atoms with E-state index in [9.17, 15) is 26.8 Å². The van der Waals surface area contributed by atoms with Gasteiger partial charge in [-0.05, 0) is 24.3 Å². The summed E-state index contributed by atoms with van der Waals surface area (Å²) in [6.07, 6.45) is -2.67. The normalized spacial score (nSPS) is 14.5. The topological polar surface area (TPSA) is 110 Å². The highest BCUT2D eigenvalue weighted by atomic mass is 32.2. The number of nitrogens with one attached hydrogen (secondary N) is 2. The van der Waals surface area contributed by atoms with Crippen LogP contribution in [0.5, 0.6) is 5.75 Å². The summed E-state index contributed by atoms with van der Waals surface area (Å²) in [7, 11) is -2.20. The molecule has 1 fully saturated rings. The number of carbonyl (C=O) groups is 2. The van der Waals surface area contributed by atoms with E-state index in [1.165, 1.54) is 29.2 Å². The third kappa shape index (κ3) is 5.13. The minimum Gasteiger partial charge on any atom is -0.488 e. The molecule has 1 aromatic heterocycles. The quantitative estimate of drug-likeness (QED) is 0.567. The summed E-state index contributed by atoms with van der Waals surface area (Å²) < 4.78 is 58.7. The Labute approximate surface area is 171 Å². The summed E-state index contributed by atoms with van der Waals surface area (Å²) >= 11 is 0. The minimum atomic E-state index is -3.92. The second-order valence-corrected chi connectivity index (χ2v) is 8.35. The predicted octanol–water partition coefficient (Wildman–Crippen LogP) is 1.20. The molecule has 2 heterocycles. The van der Waals surface area contributed by atoms with Crippen molar-refractivity contribution in [3.05, 3.63) is 47.8 Å². The monoisotopic (exact) mass is 442 g/mol. The molecule has 0 aliphatic carbocycles. The number of hydrogen-bond acceptors (Lipinski definition) is 5. The highest BCUT2D eigenvalue weighted by Crippen LogP contribution is 2.19. The van der Waals surface area contributed by atoms with Gasteiger partial charge in [-0.15, -0.1) is 0 Å². The van der Waals surface area contributed by atoms with Crippen LogP contribution in [0, 0.1) is 0 Å². The Bertz CT molecular complexity index is 1050. The molecule has 162 valence electrons. The van der Waals surface area contributed by atoms with Crippen molar-refractivity contribution >= 4 is 22.0 Å². The summed E-state index contributed by atoms with van der Waals surface area (Å²) in [6.45, 7) is -0.698. The van der Waals surface area contributed by atoms with Gasteiger partial charge in [0.05, 0.1) is 18.0 Å². The predicted molar refractivity (Wildman–Crippen MR) is 101 cm³/mol. The minimum absolute atomic E-state index is 0.0257. The summed E-state index contributed by atoms with van der Waals surface area (Å²) in [5, 5.41) is 2.19. The first kappa shape index (κ1) is 21.7. The zero-order chi connectivity index (χ0) is 21.9. The van der Waals surface area contributed by atoms with E-state index >= 15 is 0 Å². The molecule has 1 aliphatic heterocycles. The molecule has 0 saturated carbocycles. The molecule has 1 saturated heterocycles. The van der Waals surface area contributed by atoms with Crippen molar-refractivity contribution in [1.29, 1.82) is 0 Å². The molecule has 1 aromatic carbocycles. The van der Waals surface area contributed by atoms with Crippen LogP contribution in [0.25, 0.3) is 0 Å². The van der Waals surface area contributed by atoms with Gasteiger partial charge in [0.1, 0.15) is 18.9 Å². The maximum absolute atomic E-state index is 12.5. The van der Waals surface area contributed by atoms with Crippen molar-refractivity contribution in [2.24, 2.45) is 7.05 Å². The number of hydrogen-bond donors (Lipinski definition) is 2. The van der Waals surface area contributed by atoms with Gasteiger partial charge in [-0.1, -0.05) is 6.07 Å². The SMILES string of the molecule is Cn1c(CNS(=O)(=O)c2cccc(OCC(F)F)c2)ccc1CN1CC(=O)NC1=O. The summed E-state index contributed by atoms with van der Waals surface area (Å²) in [5.74, 6) is -0.347. The second-order valence-electron chi connectivity index (χ2n) is 6.59. The van der Waals surface area contributed by atoms with Crippen LogP contribution >= 0.6 is 0 Å². The first-order valence-electron chi connectivity index (χ1n) is 8.88. The van der Waals surface area contributed by atoms with Crippen molar-refractivity contribution < 1.29 is 31.5 Å². The van der Waals surface area contributed by atoms with E-state index in [0.29, 0.717) is 5.69 Å².